The fourth-order valence-corrected chi connectivity index (χ4v) is 12.1. The highest BCUT2D eigenvalue weighted by Crippen LogP contribution is 2.49. The van der Waals surface area contributed by atoms with Crippen LogP contribution in [0.2, 0.25) is 8.67 Å². The molecule has 77 heavy (non-hydrogen) atoms. The summed E-state index contributed by atoms with van der Waals surface area (Å²) in [5.41, 5.74) is -2.73. The number of rotatable bonds is 10. The molecule has 5 aromatic rings. The summed E-state index contributed by atoms with van der Waals surface area (Å²) in [5, 5.41) is 5.42. The number of aromatic nitrogens is 4. The van der Waals surface area contributed by atoms with Crippen molar-refractivity contribution < 1.29 is 86.0 Å². The molecule has 0 atom stereocenters. The quantitative estimate of drug-likeness (QED) is 0.0981. The Kier molecular flexibility index (Phi) is 19.2. The SMILES string of the molecule is CC(C)(C)OC(=O)N1CCC(c2nc(-c3cc(Br)c(C(F)(F)F)c(OC(F)(F)F)c3)c(Cl)s2)CC1.COC(=O)Cc1cc(C)n(CC(=O)N2CCC(c3nc(-c4cc(Br)c(C(F)(F)F)c(OC(F)(F)F)c4)c(Cl)s3)CC2)n1. The number of thiazole rings is 2. The Balaban J connectivity index is 0.000000254. The molecule has 0 saturated carbocycles. The zero-order valence-electron chi connectivity index (χ0n) is 40.5. The third kappa shape index (κ3) is 16.5. The normalized spacial score (nSPS) is 15.3. The number of piperidine rings is 2. The number of nitrogens with zero attached hydrogens (tertiary/aromatic N) is 6. The van der Waals surface area contributed by atoms with Crippen molar-refractivity contribution in [2.75, 3.05) is 33.3 Å². The van der Waals surface area contributed by atoms with Crippen molar-refractivity contribution in [3.63, 3.8) is 0 Å². The fraction of sp³-hybridized carbons (Fsp3) is 0.478. The van der Waals surface area contributed by atoms with Crippen molar-refractivity contribution in [1.29, 1.82) is 0 Å². The number of esters is 1. The number of hydrogen-bond acceptors (Lipinski definition) is 12. The summed E-state index contributed by atoms with van der Waals surface area (Å²) in [5.74, 6) is -3.68. The van der Waals surface area contributed by atoms with Gasteiger partial charge in [0.1, 0.15) is 54.8 Å². The first-order valence-corrected chi connectivity index (χ1v) is 26.5. The number of hydrogen-bond donors (Lipinski definition) is 0. The number of amides is 2. The van der Waals surface area contributed by atoms with Crippen molar-refractivity contribution in [2.24, 2.45) is 0 Å². The molecule has 0 radical (unpaired) electrons. The molecular weight excluding hydrogens is 1270 g/mol. The topological polar surface area (TPSA) is 138 Å². The van der Waals surface area contributed by atoms with E-state index in [0.29, 0.717) is 85.4 Å². The summed E-state index contributed by atoms with van der Waals surface area (Å²) in [4.78, 5) is 48.8. The van der Waals surface area contributed by atoms with Crippen molar-refractivity contribution in [2.45, 2.75) is 109 Å². The van der Waals surface area contributed by atoms with Gasteiger partial charge < -0.3 is 28.7 Å². The molecule has 422 valence electrons. The highest BCUT2D eigenvalue weighted by atomic mass is 79.9. The van der Waals surface area contributed by atoms with Crippen LogP contribution in [0.15, 0.2) is 39.3 Å². The molecule has 2 saturated heterocycles. The maximum atomic E-state index is 13.5. The first-order chi connectivity index (χ1) is 35.5. The van der Waals surface area contributed by atoms with Crippen molar-refractivity contribution in [3.05, 3.63) is 80.5 Å². The highest BCUT2D eigenvalue weighted by Gasteiger charge is 2.44. The van der Waals surface area contributed by atoms with Crippen LogP contribution in [0.4, 0.5) is 57.5 Å². The minimum atomic E-state index is -5.36. The van der Waals surface area contributed by atoms with Gasteiger partial charge in [-0.05, 0) is 83.7 Å². The third-order valence-corrected chi connectivity index (χ3v) is 15.5. The molecule has 2 aromatic carbocycles. The lowest BCUT2D eigenvalue weighted by molar-refractivity contribution is -0.277. The standard InChI is InChI=1S/C25H22BrClF6N4O4S.C21H20BrClF6N2O3S/c1-12-7-15(10-19(39)40-2)35-37(12)11-18(38)36-5-3-13(4-6-36)23-34-21(22(27)42-23)14-8-16(26)20(24(28,29)30)17(9-14)41-25(31,32)33;1-19(2,3)34-18(32)31-6-4-10(5-7-31)17-30-15(16(23)35-17)11-8-12(22)14(20(24,25)26)13(9-11)33-21(27,28)29/h7-9,13H,3-6,10-11H2,1-2H3;8-10H,4-7H2,1-3H3. The van der Waals surface area contributed by atoms with E-state index in [1.54, 1.807) is 43.6 Å². The molecule has 0 unspecified atom stereocenters. The summed E-state index contributed by atoms with van der Waals surface area (Å²) < 4.78 is 175. The lowest BCUT2D eigenvalue weighted by Gasteiger charge is -2.32. The number of methoxy groups -OCH3 is 1. The molecule has 2 fully saturated rings. The zero-order chi connectivity index (χ0) is 57.3. The van der Waals surface area contributed by atoms with Gasteiger partial charge in [-0.25, -0.2) is 14.8 Å². The van der Waals surface area contributed by atoms with Crippen LogP contribution in [0, 0.1) is 6.92 Å². The maximum Gasteiger partial charge on any atom is 0.573 e. The van der Waals surface area contributed by atoms with E-state index in [9.17, 15) is 67.1 Å². The largest absolute Gasteiger partial charge is 0.573 e. The Morgan fingerprint density at radius 1 is 0.675 bits per heavy atom. The highest BCUT2D eigenvalue weighted by molar-refractivity contribution is 9.10. The van der Waals surface area contributed by atoms with Crippen molar-refractivity contribution >= 4 is 95.7 Å². The molecule has 2 amide bonds. The molecule has 13 nitrogen and oxygen atoms in total. The smallest absolute Gasteiger partial charge is 0.469 e. The van der Waals surface area contributed by atoms with Gasteiger partial charge in [-0.2, -0.15) is 31.4 Å². The number of aryl methyl sites for hydroxylation is 1. The van der Waals surface area contributed by atoms with Crippen LogP contribution in [0.1, 0.15) is 90.8 Å². The van der Waals surface area contributed by atoms with Gasteiger partial charge in [0.05, 0.1) is 29.2 Å². The molecule has 0 bridgehead atoms. The van der Waals surface area contributed by atoms with Crippen LogP contribution in [-0.2, 0) is 44.4 Å². The number of halogens is 16. The number of alkyl halides is 12. The monoisotopic (exact) mass is 1310 g/mol. The molecule has 7 rings (SSSR count). The summed E-state index contributed by atoms with van der Waals surface area (Å²) in [6, 6.07) is 4.93. The van der Waals surface area contributed by atoms with Crippen LogP contribution >= 0.6 is 77.7 Å². The summed E-state index contributed by atoms with van der Waals surface area (Å²) >= 11 is 20.2. The molecule has 0 spiro atoms. The molecule has 0 aliphatic carbocycles. The number of benzene rings is 2. The van der Waals surface area contributed by atoms with Crippen LogP contribution < -0.4 is 9.47 Å². The first-order valence-electron chi connectivity index (χ1n) is 22.5. The van der Waals surface area contributed by atoms with Gasteiger partial charge in [0.2, 0.25) is 5.91 Å². The molecule has 3 aromatic heterocycles. The summed E-state index contributed by atoms with van der Waals surface area (Å²) in [6.07, 6.45) is -19.2. The summed E-state index contributed by atoms with van der Waals surface area (Å²) in [6.45, 7) is 8.63. The predicted molar refractivity (Wildman–Crippen MR) is 265 cm³/mol. The number of carbonyl (C=O) groups excluding carboxylic acids is 3. The van der Waals surface area contributed by atoms with Crippen molar-refractivity contribution in [1.82, 2.24) is 29.5 Å². The maximum absolute atomic E-state index is 13.5. The fourth-order valence-electron chi connectivity index (χ4n) is 8.02. The van der Waals surface area contributed by atoms with Crippen LogP contribution in [0.25, 0.3) is 22.5 Å². The number of carbonyl (C=O) groups is 3. The van der Waals surface area contributed by atoms with Crippen LogP contribution in [0.3, 0.4) is 0 Å². The average molecular weight is 1310 g/mol. The van der Waals surface area contributed by atoms with Crippen LogP contribution in [-0.4, -0.2) is 99.1 Å². The third-order valence-electron chi connectivity index (χ3n) is 11.4. The second-order valence-electron chi connectivity index (χ2n) is 18.2. The molecular formula is C46H42Br2Cl2F12N6O7S2. The molecule has 0 N–H and O–H groups in total. The van der Waals surface area contributed by atoms with E-state index in [0.717, 1.165) is 34.8 Å². The van der Waals surface area contributed by atoms with E-state index in [4.69, 9.17) is 27.9 Å². The van der Waals surface area contributed by atoms with Gasteiger partial charge in [-0.15, -0.1) is 49.0 Å². The lowest BCUT2D eigenvalue weighted by Crippen LogP contribution is -2.41. The van der Waals surface area contributed by atoms with Gasteiger partial charge in [0.15, 0.2) is 0 Å². The molecule has 2 aliphatic rings. The molecule has 2 aliphatic heterocycles. The molecule has 31 heteroatoms. The Morgan fingerprint density at radius 2 is 1.09 bits per heavy atom. The lowest BCUT2D eigenvalue weighted by atomic mass is 9.97. The average Bonchev–Trinajstić information content (AvgIpc) is 3.98. The Labute approximate surface area is 465 Å². The van der Waals surface area contributed by atoms with E-state index in [1.807, 2.05) is 0 Å². The van der Waals surface area contributed by atoms with Gasteiger partial charge in [-0.1, -0.05) is 55.1 Å². The van der Waals surface area contributed by atoms with E-state index >= 15 is 0 Å². The number of ether oxygens (including phenoxy) is 4. The van der Waals surface area contributed by atoms with Crippen LogP contribution in [0.5, 0.6) is 11.5 Å². The summed E-state index contributed by atoms with van der Waals surface area (Å²) in [7, 11) is 1.27. The van der Waals surface area contributed by atoms with E-state index < -0.39 is 74.3 Å². The Hall–Kier alpha value is -4.58. The van der Waals surface area contributed by atoms with Gasteiger partial charge in [0, 0.05) is 63.8 Å². The second-order valence-corrected chi connectivity index (χ2v) is 23.2. The molecule has 5 heterocycles. The van der Waals surface area contributed by atoms with Gasteiger partial charge >= 0.3 is 37.1 Å². The van der Waals surface area contributed by atoms with Crippen molar-refractivity contribution in [3.8, 4) is 34.0 Å². The van der Waals surface area contributed by atoms with E-state index in [1.165, 1.54) is 11.8 Å². The Bertz CT molecular complexity index is 2960. The van der Waals surface area contributed by atoms with Gasteiger partial charge in [-0.3, -0.25) is 14.3 Å². The zero-order valence-corrected chi connectivity index (χ0v) is 46.8. The predicted octanol–water partition coefficient (Wildman–Crippen LogP) is 15.0. The second kappa shape index (κ2) is 24.0. The minimum Gasteiger partial charge on any atom is -0.469 e. The Morgan fingerprint density at radius 3 is 1.47 bits per heavy atom. The van der Waals surface area contributed by atoms with E-state index in [-0.39, 0.29) is 61.9 Å². The first kappa shape index (κ1) is 61.6. The van der Waals surface area contributed by atoms with E-state index in [2.05, 4.69) is 61.1 Å². The number of likely N-dealkylation sites (tertiary alicyclic amines) is 2. The van der Waals surface area contributed by atoms with Gasteiger partial charge in [0.25, 0.3) is 0 Å². The minimum absolute atomic E-state index is 0.0115.